The number of benzene rings is 2. The number of halogens is 2. The Morgan fingerprint density at radius 2 is 1.78 bits per heavy atom. The molecule has 0 saturated carbocycles. The Labute approximate surface area is 203 Å². The van der Waals surface area contributed by atoms with Crippen molar-refractivity contribution in [3.8, 4) is 0 Å². The van der Waals surface area contributed by atoms with Crippen LogP contribution < -0.4 is 5.32 Å². The second-order valence-corrected chi connectivity index (χ2v) is 10.1. The van der Waals surface area contributed by atoms with Gasteiger partial charge in [-0.3, -0.25) is 4.79 Å². The summed E-state index contributed by atoms with van der Waals surface area (Å²) in [6, 6.07) is 11.4. The van der Waals surface area contributed by atoms with E-state index in [2.05, 4.69) is 18.3 Å². The Morgan fingerprint density at radius 3 is 2.59 bits per heavy atom. The van der Waals surface area contributed by atoms with Gasteiger partial charge in [0.25, 0.3) is 5.91 Å². The van der Waals surface area contributed by atoms with Crippen LogP contribution in [-0.4, -0.2) is 12.1 Å². The van der Waals surface area contributed by atoms with Crippen molar-refractivity contribution in [1.29, 1.82) is 0 Å². The van der Waals surface area contributed by atoms with Gasteiger partial charge >= 0.3 is 0 Å². The number of hydrogen-bond acceptors (Lipinski definition) is 3. The Bertz CT molecular complexity index is 1180. The number of carbonyl (C=O) groups excluding carboxylic acids is 1. The molecule has 3 aromatic rings. The lowest BCUT2D eigenvalue weighted by atomic mass is 9.96. The van der Waals surface area contributed by atoms with Gasteiger partial charge in [0.1, 0.15) is 5.00 Å². The second kappa shape index (κ2) is 10.2. The molecule has 3 nitrogen and oxygen atoms in total. The van der Waals surface area contributed by atoms with Crippen molar-refractivity contribution in [3.63, 3.8) is 0 Å². The molecule has 166 valence electrons. The Kier molecular flexibility index (Phi) is 7.34. The largest absolute Gasteiger partial charge is 0.322 e. The van der Waals surface area contributed by atoms with Gasteiger partial charge in [0.15, 0.2) is 0 Å². The monoisotopic (exact) mass is 484 g/mol. The van der Waals surface area contributed by atoms with E-state index in [1.54, 1.807) is 23.6 Å². The predicted molar refractivity (Wildman–Crippen MR) is 138 cm³/mol. The first-order valence-corrected chi connectivity index (χ1v) is 12.5. The molecule has 2 aromatic carbocycles. The molecule has 6 heteroatoms. The van der Waals surface area contributed by atoms with Crippen LogP contribution in [0.3, 0.4) is 0 Å². The van der Waals surface area contributed by atoms with E-state index in [4.69, 9.17) is 28.2 Å². The van der Waals surface area contributed by atoms with Crippen molar-refractivity contribution >= 4 is 57.3 Å². The number of nitrogens with one attached hydrogen (secondary N) is 1. The van der Waals surface area contributed by atoms with Crippen LogP contribution in [0.4, 0.5) is 10.7 Å². The number of hydrogen-bond donors (Lipinski definition) is 1. The zero-order valence-corrected chi connectivity index (χ0v) is 20.6. The van der Waals surface area contributed by atoms with Gasteiger partial charge < -0.3 is 5.32 Å². The fourth-order valence-corrected chi connectivity index (χ4v) is 5.64. The molecule has 0 bridgehead atoms. The molecule has 0 atom stereocenters. The van der Waals surface area contributed by atoms with Crippen molar-refractivity contribution in [2.45, 2.75) is 52.4 Å². The van der Waals surface area contributed by atoms with E-state index >= 15 is 0 Å². The summed E-state index contributed by atoms with van der Waals surface area (Å²) in [4.78, 5) is 19.6. The first-order chi connectivity index (χ1) is 15.5. The van der Waals surface area contributed by atoms with Crippen LogP contribution in [-0.2, 0) is 12.8 Å². The van der Waals surface area contributed by atoms with E-state index < -0.39 is 0 Å². The third kappa shape index (κ3) is 4.93. The van der Waals surface area contributed by atoms with Gasteiger partial charge in [-0.15, -0.1) is 11.3 Å². The molecule has 0 unspecified atom stereocenters. The fraction of sp³-hybridized carbons (Fsp3) is 0.308. The minimum Gasteiger partial charge on any atom is -0.322 e. The highest BCUT2D eigenvalue weighted by molar-refractivity contribution is 7.16. The number of aryl methyl sites for hydroxylation is 2. The molecule has 4 rings (SSSR count). The fourth-order valence-electron chi connectivity index (χ4n) is 4.05. The molecule has 32 heavy (non-hydrogen) atoms. The number of nitrogens with zero attached hydrogens (tertiary/aromatic N) is 1. The van der Waals surface area contributed by atoms with Crippen LogP contribution in [0.15, 0.2) is 41.4 Å². The SMILES string of the molecule is Cc1cccc(NC(=O)c2c(N=Cc3cccc(Cl)c3Cl)sc3c2CCCCCC3)c1C. The summed E-state index contributed by atoms with van der Waals surface area (Å²) < 4.78 is 0. The van der Waals surface area contributed by atoms with Crippen molar-refractivity contribution in [2.24, 2.45) is 4.99 Å². The Hall–Kier alpha value is -2.14. The van der Waals surface area contributed by atoms with Crippen LogP contribution in [0, 0.1) is 13.8 Å². The van der Waals surface area contributed by atoms with Crippen molar-refractivity contribution in [2.75, 3.05) is 5.32 Å². The summed E-state index contributed by atoms with van der Waals surface area (Å²) in [6.45, 7) is 4.08. The summed E-state index contributed by atoms with van der Waals surface area (Å²) in [5.41, 5.74) is 5.66. The van der Waals surface area contributed by atoms with Crippen molar-refractivity contribution in [3.05, 3.63) is 79.1 Å². The number of fused-ring (bicyclic) bond motifs is 1. The minimum atomic E-state index is -0.0962. The van der Waals surface area contributed by atoms with E-state index in [-0.39, 0.29) is 5.91 Å². The van der Waals surface area contributed by atoms with Crippen LogP contribution >= 0.6 is 34.5 Å². The number of anilines is 1. The van der Waals surface area contributed by atoms with Crippen molar-refractivity contribution in [1.82, 2.24) is 0 Å². The molecular formula is C26H26Cl2N2OS. The minimum absolute atomic E-state index is 0.0962. The smallest absolute Gasteiger partial charge is 0.259 e. The van der Waals surface area contributed by atoms with E-state index in [0.717, 1.165) is 58.6 Å². The Morgan fingerprint density at radius 1 is 1.03 bits per heavy atom. The lowest BCUT2D eigenvalue weighted by Gasteiger charge is -2.13. The van der Waals surface area contributed by atoms with Gasteiger partial charge in [-0.25, -0.2) is 4.99 Å². The van der Waals surface area contributed by atoms with E-state index in [1.807, 2.05) is 31.2 Å². The highest BCUT2D eigenvalue weighted by atomic mass is 35.5. The Balaban J connectivity index is 1.75. The summed E-state index contributed by atoms with van der Waals surface area (Å²) in [5.74, 6) is -0.0962. The zero-order valence-electron chi connectivity index (χ0n) is 18.3. The normalized spacial score (nSPS) is 14.1. The number of aliphatic imine (C=N–C) groups is 1. The standard InChI is InChI=1S/C26H26Cl2N2OS/c1-16-9-7-13-21(17(16)2)30-25(31)23-19-11-5-3-4-6-14-22(19)32-26(23)29-15-18-10-8-12-20(27)24(18)28/h7-10,12-13,15H,3-6,11,14H2,1-2H3,(H,30,31). The second-order valence-electron chi connectivity index (χ2n) is 8.20. The van der Waals surface area contributed by atoms with Crippen LogP contribution in [0.25, 0.3) is 0 Å². The number of amides is 1. The number of carbonyl (C=O) groups is 1. The van der Waals surface area contributed by atoms with E-state index in [9.17, 15) is 4.79 Å². The van der Waals surface area contributed by atoms with Gasteiger partial charge in [0.2, 0.25) is 0 Å². The lowest BCUT2D eigenvalue weighted by molar-refractivity contribution is 0.102. The van der Waals surface area contributed by atoms with Gasteiger partial charge in [-0.05, 0) is 68.4 Å². The molecule has 1 amide bonds. The maximum Gasteiger partial charge on any atom is 0.259 e. The average Bonchev–Trinajstić information content (AvgIpc) is 3.09. The molecule has 1 aliphatic rings. The highest BCUT2D eigenvalue weighted by Crippen LogP contribution is 2.39. The summed E-state index contributed by atoms with van der Waals surface area (Å²) in [5, 5.41) is 4.83. The lowest BCUT2D eigenvalue weighted by Crippen LogP contribution is -2.15. The molecule has 0 aliphatic heterocycles. The molecule has 0 fully saturated rings. The molecule has 0 radical (unpaired) electrons. The van der Waals surface area contributed by atoms with Crippen LogP contribution in [0.2, 0.25) is 10.0 Å². The maximum absolute atomic E-state index is 13.5. The topological polar surface area (TPSA) is 41.5 Å². The number of rotatable bonds is 4. The summed E-state index contributed by atoms with van der Waals surface area (Å²) in [7, 11) is 0. The van der Waals surface area contributed by atoms with Gasteiger partial charge in [0, 0.05) is 22.3 Å². The molecule has 0 spiro atoms. The molecule has 0 saturated heterocycles. The molecule has 1 heterocycles. The summed E-state index contributed by atoms with van der Waals surface area (Å²) in [6.07, 6.45) is 8.29. The van der Waals surface area contributed by atoms with Gasteiger partial charge in [-0.2, -0.15) is 0 Å². The molecule has 1 aromatic heterocycles. The quantitative estimate of drug-likeness (QED) is 0.371. The maximum atomic E-state index is 13.5. The zero-order chi connectivity index (χ0) is 22.7. The van der Waals surface area contributed by atoms with Gasteiger partial charge in [0.05, 0.1) is 15.6 Å². The van der Waals surface area contributed by atoms with E-state index in [0.29, 0.717) is 15.6 Å². The molecule has 1 N–H and O–H groups in total. The number of thiophene rings is 1. The first-order valence-electron chi connectivity index (χ1n) is 11.0. The van der Waals surface area contributed by atoms with Gasteiger partial charge in [-0.1, -0.05) is 60.3 Å². The van der Waals surface area contributed by atoms with Crippen molar-refractivity contribution < 1.29 is 4.79 Å². The van der Waals surface area contributed by atoms with E-state index in [1.165, 1.54) is 17.7 Å². The highest BCUT2D eigenvalue weighted by Gasteiger charge is 2.24. The third-order valence-electron chi connectivity index (χ3n) is 6.03. The molecular weight excluding hydrogens is 459 g/mol. The van der Waals surface area contributed by atoms with Crippen LogP contribution in [0.1, 0.15) is 63.2 Å². The van der Waals surface area contributed by atoms with Crippen LogP contribution in [0.5, 0.6) is 0 Å². The summed E-state index contributed by atoms with van der Waals surface area (Å²) >= 11 is 14.1. The average molecular weight is 485 g/mol. The predicted octanol–water partition coefficient (Wildman–Crippen LogP) is 8.33. The first kappa shape index (κ1) is 23.0. The third-order valence-corrected chi connectivity index (χ3v) is 8.07. The molecule has 1 aliphatic carbocycles.